The summed E-state index contributed by atoms with van der Waals surface area (Å²) in [6.45, 7) is 4.08. The molecule has 68 valence electrons. The van der Waals surface area contributed by atoms with Gasteiger partial charge in [-0.1, -0.05) is 18.5 Å². The average Bonchev–Trinajstić information content (AvgIpc) is 2.36. The quantitative estimate of drug-likeness (QED) is 0.637. The second-order valence-corrected chi connectivity index (χ2v) is 3.03. The lowest BCUT2D eigenvalue weighted by atomic mass is 10.3. The number of esters is 1. The third kappa shape index (κ3) is 1.91. The van der Waals surface area contributed by atoms with Crippen molar-refractivity contribution in [2.24, 2.45) is 0 Å². The lowest BCUT2D eigenvalue weighted by Gasteiger charge is -2.11. The molecule has 0 saturated carbocycles. The van der Waals surface area contributed by atoms with Crippen LogP contribution in [0.25, 0.3) is 0 Å². The van der Waals surface area contributed by atoms with Gasteiger partial charge in [0.05, 0.1) is 6.10 Å². The van der Waals surface area contributed by atoms with Gasteiger partial charge in [0.2, 0.25) is 0 Å². The molecule has 1 unspecified atom stereocenters. The molecule has 0 amide bonds. The van der Waals surface area contributed by atoms with E-state index < -0.39 is 5.97 Å². The highest BCUT2D eigenvalue weighted by molar-refractivity contribution is 6.42. The van der Waals surface area contributed by atoms with E-state index in [0.29, 0.717) is 5.76 Å². The molecular formula is C8H11ClO3. The fourth-order valence-corrected chi connectivity index (χ4v) is 0.937. The Kier molecular flexibility index (Phi) is 2.98. The van der Waals surface area contributed by atoms with E-state index in [1.54, 1.807) is 0 Å². The Balaban J connectivity index is 2.58. The van der Waals surface area contributed by atoms with Crippen LogP contribution in [-0.4, -0.2) is 18.7 Å². The van der Waals surface area contributed by atoms with Crippen LogP contribution in [0.1, 0.15) is 20.3 Å². The van der Waals surface area contributed by atoms with E-state index in [2.05, 4.69) is 4.74 Å². The Labute approximate surface area is 76.3 Å². The highest BCUT2D eigenvalue weighted by Crippen LogP contribution is 2.21. The molecule has 0 aliphatic carbocycles. The summed E-state index contributed by atoms with van der Waals surface area (Å²) < 4.78 is 10.00. The minimum absolute atomic E-state index is 0.0725. The second kappa shape index (κ2) is 3.81. The van der Waals surface area contributed by atoms with Gasteiger partial charge in [-0.25, -0.2) is 4.79 Å². The summed E-state index contributed by atoms with van der Waals surface area (Å²) in [4.78, 5) is 10.8. The molecule has 12 heavy (non-hydrogen) atoms. The van der Waals surface area contributed by atoms with Crippen molar-refractivity contribution in [2.75, 3.05) is 6.61 Å². The van der Waals surface area contributed by atoms with E-state index in [4.69, 9.17) is 16.3 Å². The summed E-state index contributed by atoms with van der Waals surface area (Å²) >= 11 is 5.61. The number of rotatable bonds is 3. The van der Waals surface area contributed by atoms with Gasteiger partial charge in [0.15, 0.2) is 17.4 Å². The maximum Gasteiger partial charge on any atom is 0.353 e. The molecule has 0 aromatic heterocycles. The highest BCUT2D eigenvalue weighted by atomic mass is 35.5. The van der Waals surface area contributed by atoms with Gasteiger partial charge in [0.25, 0.3) is 0 Å². The van der Waals surface area contributed by atoms with Gasteiger partial charge < -0.3 is 9.47 Å². The van der Waals surface area contributed by atoms with Crippen molar-refractivity contribution in [1.29, 1.82) is 0 Å². The molecule has 1 rings (SSSR count). The third-order valence-corrected chi connectivity index (χ3v) is 2.04. The van der Waals surface area contributed by atoms with E-state index >= 15 is 0 Å². The molecule has 0 aromatic carbocycles. The van der Waals surface area contributed by atoms with E-state index in [-0.39, 0.29) is 17.7 Å². The van der Waals surface area contributed by atoms with Crippen LogP contribution in [0.3, 0.4) is 0 Å². The van der Waals surface area contributed by atoms with E-state index in [0.717, 1.165) is 6.42 Å². The Morgan fingerprint density at radius 2 is 2.42 bits per heavy atom. The van der Waals surface area contributed by atoms with Crippen LogP contribution in [0.4, 0.5) is 0 Å². The molecule has 0 radical (unpaired) electrons. The second-order valence-electron chi connectivity index (χ2n) is 2.65. The third-order valence-electron chi connectivity index (χ3n) is 1.68. The molecule has 1 aliphatic heterocycles. The number of ether oxygens (including phenoxy) is 2. The standard InChI is InChI=1S/C8H11ClO3/c1-3-5(2)12-6-4-11-8(10)7(6)9/h5H,3-4H2,1-2H3. The largest absolute Gasteiger partial charge is 0.490 e. The SMILES string of the molecule is CCC(C)OC1=C(Cl)C(=O)OC1. The zero-order valence-corrected chi connectivity index (χ0v) is 7.85. The first-order valence-corrected chi connectivity index (χ1v) is 4.25. The number of hydrogen-bond donors (Lipinski definition) is 0. The Hall–Kier alpha value is -0.700. The van der Waals surface area contributed by atoms with Crippen LogP contribution in [0.5, 0.6) is 0 Å². The highest BCUT2D eigenvalue weighted by Gasteiger charge is 2.25. The molecule has 1 heterocycles. The van der Waals surface area contributed by atoms with Crippen LogP contribution < -0.4 is 0 Å². The molecular weight excluding hydrogens is 180 g/mol. The summed E-state index contributed by atoms with van der Waals surface area (Å²) in [6, 6.07) is 0. The van der Waals surface area contributed by atoms with Crippen LogP contribution >= 0.6 is 11.6 Å². The molecule has 0 bridgehead atoms. The van der Waals surface area contributed by atoms with Crippen LogP contribution in [0, 0.1) is 0 Å². The number of carbonyl (C=O) groups excluding carboxylic acids is 1. The molecule has 1 aliphatic rings. The predicted molar refractivity (Wildman–Crippen MR) is 44.7 cm³/mol. The smallest absolute Gasteiger partial charge is 0.353 e. The Morgan fingerprint density at radius 1 is 1.75 bits per heavy atom. The van der Waals surface area contributed by atoms with Gasteiger partial charge in [-0.3, -0.25) is 0 Å². The fraction of sp³-hybridized carbons (Fsp3) is 0.625. The number of carbonyl (C=O) groups is 1. The van der Waals surface area contributed by atoms with Crippen molar-refractivity contribution in [1.82, 2.24) is 0 Å². The normalized spacial score (nSPS) is 19.4. The van der Waals surface area contributed by atoms with Crippen molar-refractivity contribution in [2.45, 2.75) is 26.4 Å². The van der Waals surface area contributed by atoms with Gasteiger partial charge in [0, 0.05) is 0 Å². The summed E-state index contributed by atoms with van der Waals surface area (Å²) in [5, 5.41) is 0.0790. The van der Waals surface area contributed by atoms with Gasteiger partial charge in [-0.2, -0.15) is 0 Å². The van der Waals surface area contributed by atoms with Crippen molar-refractivity contribution in [3.05, 3.63) is 10.8 Å². The zero-order valence-electron chi connectivity index (χ0n) is 7.09. The minimum atomic E-state index is -0.491. The number of hydrogen-bond acceptors (Lipinski definition) is 3. The molecule has 0 saturated heterocycles. The van der Waals surface area contributed by atoms with Crippen LogP contribution in [0.15, 0.2) is 10.8 Å². The van der Waals surface area contributed by atoms with E-state index in [1.807, 2.05) is 13.8 Å². The van der Waals surface area contributed by atoms with Crippen molar-refractivity contribution in [3.8, 4) is 0 Å². The lowest BCUT2D eigenvalue weighted by Crippen LogP contribution is -2.07. The predicted octanol–water partition coefficient (Wildman–Crippen LogP) is 1.81. The average molecular weight is 191 g/mol. The topological polar surface area (TPSA) is 35.5 Å². The lowest BCUT2D eigenvalue weighted by molar-refractivity contribution is -0.135. The zero-order chi connectivity index (χ0) is 9.14. The maximum absolute atomic E-state index is 10.8. The van der Waals surface area contributed by atoms with E-state index in [9.17, 15) is 4.79 Å². The monoisotopic (exact) mass is 190 g/mol. The minimum Gasteiger partial charge on any atom is -0.490 e. The molecule has 0 aromatic rings. The Bertz CT molecular complexity index is 222. The molecule has 3 nitrogen and oxygen atoms in total. The van der Waals surface area contributed by atoms with Gasteiger partial charge in [0.1, 0.15) is 0 Å². The van der Waals surface area contributed by atoms with Crippen molar-refractivity contribution in [3.63, 3.8) is 0 Å². The first-order valence-electron chi connectivity index (χ1n) is 3.87. The first-order chi connectivity index (χ1) is 5.65. The number of cyclic esters (lactones) is 1. The van der Waals surface area contributed by atoms with Crippen molar-refractivity contribution < 1.29 is 14.3 Å². The molecule has 0 N–H and O–H groups in total. The first kappa shape index (κ1) is 9.39. The van der Waals surface area contributed by atoms with Gasteiger partial charge in [-0.15, -0.1) is 0 Å². The fourth-order valence-electron chi connectivity index (χ4n) is 0.784. The van der Waals surface area contributed by atoms with Gasteiger partial charge >= 0.3 is 5.97 Å². The summed E-state index contributed by atoms with van der Waals surface area (Å²) in [6.07, 6.45) is 0.949. The summed E-state index contributed by atoms with van der Waals surface area (Å²) in [7, 11) is 0. The molecule has 4 heteroatoms. The van der Waals surface area contributed by atoms with Crippen molar-refractivity contribution >= 4 is 17.6 Å². The summed E-state index contributed by atoms with van der Waals surface area (Å²) in [5.74, 6) is -0.0361. The summed E-state index contributed by atoms with van der Waals surface area (Å²) in [5.41, 5.74) is 0. The van der Waals surface area contributed by atoms with E-state index in [1.165, 1.54) is 0 Å². The molecule has 0 spiro atoms. The molecule has 1 atom stereocenters. The maximum atomic E-state index is 10.8. The Morgan fingerprint density at radius 3 is 2.83 bits per heavy atom. The van der Waals surface area contributed by atoms with Crippen LogP contribution in [-0.2, 0) is 14.3 Å². The molecule has 0 fully saturated rings. The van der Waals surface area contributed by atoms with Crippen LogP contribution in [0.2, 0.25) is 0 Å². The van der Waals surface area contributed by atoms with Gasteiger partial charge in [-0.05, 0) is 13.3 Å². The number of halogens is 1.